The second-order valence-corrected chi connectivity index (χ2v) is 10.4. The second-order valence-electron chi connectivity index (χ2n) is 9.51. The topological polar surface area (TPSA) is 82.1 Å². The third-order valence-corrected chi connectivity index (χ3v) is 7.25. The number of imide groups is 1. The molecule has 2 N–H and O–H groups in total. The van der Waals surface area contributed by atoms with E-state index >= 15 is 0 Å². The van der Waals surface area contributed by atoms with Gasteiger partial charge in [0.15, 0.2) is 0 Å². The molecule has 0 aromatic heterocycles. The lowest BCUT2D eigenvalue weighted by atomic mass is 10.1. The Bertz CT molecular complexity index is 1190. The number of aliphatic hydroxyl groups is 1. The molecular formula is C24H24Cl2FN3O4. The smallest absolute Gasteiger partial charge is 0.329 e. The Balaban J connectivity index is 1.52. The summed E-state index contributed by atoms with van der Waals surface area (Å²) in [5, 5.41) is 13.3. The summed E-state index contributed by atoms with van der Waals surface area (Å²) in [6.45, 7) is 4.37. The van der Waals surface area contributed by atoms with Gasteiger partial charge in [-0.05, 0) is 56.5 Å². The predicted molar refractivity (Wildman–Crippen MR) is 126 cm³/mol. The van der Waals surface area contributed by atoms with Crippen molar-refractivity contribution < 1.29 is 23.8 Å². The lowest BCUT2D eigenvalue weighted by Gasteiger charge is -2.30. The molecule has 2 saturated heterocycles. The number of halogens is 3. The van der Waals surface area contributed by atoms with E-state index in [-0.39, 0.29) is 21.8 Å². The Kier molecular flexibility index (Phi) is 5.75. The number of carbonyl (C=O) groups is 2. The molecule has 0 bridgehead atoms. The number of amides is 3. The first-order chi connectivity index (χ1) is 16.0. The highest BCUT2D eigenvalue weighted by Gasteiger charge is 2.46. The number of hydrogen-bond donors (Lipinski definition) is 2. The van der Waals surface area contributed by atoms with Crippen molar-refractivity contribution in [1.82, 2.24) is 10.2 Å². The summed E-state index contributed by atoms with van der Waals surface area (Å²) in [6.07, 6.45) is -0.0385. The van der Waals surface area contributed by atoms with E-state index in [1.54, 1.807) is 32.0 Å². The molecule has 7 nitrogen and oxygen atoms in total. The minimum Gasteiger partial charge on any atom is -0.482 e. The summed E-state index contributed by atoms with van der Waals surface area (Å²) in [5.74, 6) is -0.540. The highest BCUT2D eigenvalue weighted by atomic mass is 35.5. The van der Waals surface area contributed by atoms with E-state index in [1.165, 1.54) is 12.1 Å². The SMILES string of the molecule is CC1(C)NC(=O)N(c2ccc(Cl)c(O[C@H]3c4cc(Cl)cc(F)c4C[C@@H]3N3CCC(O)C3)c2)C1=O. The van der Waals surface area contributed by atoms with Crippen LogP contribution in [-0.2, 0) is 11.2 Å². The number of rotatable bonds is 4. The number of anilines is 1. The van der Waals surface area contributed by atoms with Crippen molar-refractivity contribution in [3.05, 3.63) is 57.3 Å². The zero-order chi connectivity index (χ0) is 24.4. The van der Waals surface area contributed by atoms with Gasteiger partial charge in [-0.1, -0.05) is 23.2 Å². The van der Waals surface area contributed by atoms with Gasteiger partial charge >= 0.3 is 6.03 Å². The second kappa shape index (κ2) is 8.37. The molecule has 2 aromatic carbocycles. The van der Waals surface area contributed by atoms with Gasteiger partial charge in [-0.2, -0.15) is 0 Å². The maximum atomic E-state index is 14.8. The Hall–Kier alpha value is -2.39. The molecule has 3 atom stereocenters. The number of carbonyl (C=O) groups excluding carboxylic acids is 2. The zero-order valence-electron chi connectivity index (χ0n) is 18.6. The maximum absolute atomic E-state index is 14.8. The van der Waals surface area contributed by atoms with E-state index in [0.717, 1.165) is 4.90 Å². The molecule has 3 amide bonds. The van der Waals surface area contributed by atoms with Gasteiger partial charge in [-0.15, -0.1) is 0 Å². The fraction of sp³-hybridized carbons (Fsp3) is 0.417. The summed E-state index contributed by atoms with van der Waals surface area (Å²) < 4.78 is 21.2. The predicted octanol–water partition coefficient (Wildman–Crippen LogP) is 4.08. The van der Waals surface area contributed by atoms with Crippen molar-refractivity contribution in [3.8, 4) is 5.75 Å². The average Bonchev–Trinajstić information content (AvgIpc) is 3.39. The number of ether oxygens (including phenoxy) is 1. The number of nitrogens with zero attached hydrogens (tertiary/aromatic N) is 2. The van der Waals surface area contributed by atoms with Crippen LogP contribution in [0.4, 0.5) is 14.9 Å². The average molecular weight is 508 g/mol. The first-order valence-corrected chi connectivity index (χ1v) is 11.8. The summed E-state index contributed by atoms with van der Waals surface area (Å²) in [6, 6.07) is 6.86. The van der Waals surface area contributed by atoms with Crippen molar-refractivity contribution in [2.45, 2.75) is 50.5 Å². The minimum atomic E-state index is -1.03. The van der Waals surface area contributed by atoms with E-state index in [9.17, 15) is 19.1 Å². The Morgan fingerprint density at radius 3 is 2.62 bits per heavy atom. The van der Waals surface area contributed by atoms with Crippen molar-refractivity contribution in [2.75, 3.05) is 18.0 Å². The van der Waals surface area contributed by atoms with E-state index in [0.29, 0.717) is 42.7 Å². The van der Waals surface area contributed by atoms with Crippen LogP contribution in [0.25, 0.3) is 0 Å². The van der Waals surface area contributed by atoms with Crippen LogP contribution in [0, 0.1) is 5.82 Å². The number of nitrogens with one attached hydrogen (secondary N) is 1. The van der Waals surface area contributed by atoms with Crippen LogP contribution in [0.3, 0.4) is 0 Å². The fourth-order valence-electron chi connectivity index (χ4n) is 4.99. The van der Waals surface area contributed by atoms with Crippen LogP contribution in [0.2, 0.25) is 10.0 Å². The number of β-amino-alcohol motifs (C(OH)–C–C–N with tert-alkyl or cyclic N) is 1. The number of likely N-dealkylation sites (tertiary alicyclic amines) is 1. The lowest BCUT2D eigenvalue weighted by molar-refractivity contribution is -0.121. The molecule has 10 heteroatoms. The molecular weight excluding hydrogens is 484 g/mol. The molecule has 1 unspecified atom stereocenters. The van der Waals surface area contributed by atoms with Crippen molar-refractivity contribution in [3.63, 3.8) is 0 Å². The van der Waals surface area contributed by atoms with Gasteiger partial charge in [0.1, 0.15) is 23.2 Å². The lowest BCUT2D eigenvalue weighted by Crippen LogP contribution is -2.40. The molecule has 180 valence electrons. The van der Waals surface area contributed by atoms with Crippen LogP contribution in [0.1, 0.15) is 37.5 Å². The molecule has 2 aliphatic heterocycles. The van der Waals surface area contributed by atoms with Crippen LogP contribution in [0.5, 0.6) is 5.75 Å². The van der Waals surface area contributed by atoms with Gasteiger partial charge in [-0.25, -0.2) is 14.1 Å². The van der Waals surface area contributed by atoms with Crippen molar-refractivity contribution >= 4 is 40.8 Å². The highest BCUT2D eigenvalue weighted by molar-refractivity contribution is 6.32. The van der Waals surface area contributed by atoms with E-state index in [2.05, 4.69) is 10.2 Å². The molecule has 1 aliphatic carbocycles. The standard InChI is InChI=1S/C24H24Cl2FN3O4/c1-24(2)22(32)30(23(33)28-24)13-3-4-17(26)20(9-13)34-21-16-7-12(25)8-18(27)15(16)10-19(21)29-6-5-14(31)11-29/h3-4,7-9,14,19,21,31H,5-6,10-11H2,1-2H3,(H,28,33)/t14?,19-,21-/m0/s1. The molecule has 2 fully saturated rings. The number of aliphatic hydroxyl groups excluding tert-OH is 1. The van der Waals surface area contributed by atoms with Crippen LogP contribution in [0.15, 0.2) is 30.3 Å². The summed E-state index contributed by atoms with van der Waals surface area (Å²) in [7, 11) is 0. The Labute approximate surface area is 206 Å². The first-order valence-electron chi connectivity index (χ1n) is 11.1. The van der Waals surface area contributed by atoms with Crippen LogP contribution in [-0.4, -0.2) is 52.7 Å². The normalized spacial score (nSPS) is 26.2. The summed E-state index contributed by atoms with van der Waals surface area (Å²) >= 11 is 12.6. The Morgan fingerprint density at radius 2 is 1.97 bits per heavy atom. The molecule has 5 rings (SSSR count). The third-order valence-electron chi connectivity index (χ3n) is 6.72. The van der Waals surface area contributed by atoms with Gasteiger partial charge < -0.3 is 15.2 Å². The van der Waals surface area contributed by atoms with E-state index < -0.39 is 35.5 Å². The minimum absolute atomic E-state index is 0.240. The first kappa shape index (κ1) is 23.4. The van der Waals surface area contributed by atoms with Gasteiger partial charge in [-0.3, -0.25) is 9.69 Å². The van der Waals surface area contributed by atoms with E-state index in [4.69, 9.17) is 27.9 Å². The van der Waals surface area contributed by atoms with Crippen LogP contribution >= 0.6 is 23.2 Å². The zero-order valence-corrected chi connectivity index (χ0v) is 20.2. The summed E-state index contributed by atoms with van der Waals surface area (Å²) in [4.78, 5) is 28.4. The molecule has 2 aromatic rings. The largest absolute Gasteiger partial charge is 0.482 e. The summed E-state index contributed by atoms with van der Waals surface area (Å²) in [5.41, 5.74) is 0.423. The highest BCUT2D eigenvalue weighted by Crippen LogP contribution is 2.43. The molecule has 0 saturated carbocycles. The third kappa shape index (κ3) is 3.92. The fourth-order valence-corrected chi connectivity index (χ4v) is 5.36. The number of benzene rings is 2. The van der Waals surface area contributed by atoms with Gasteiger partial charge in [0, 0.05) is 29.7 Å². The maximum Gasteiger partial charge on any atom is 0.329 e. The quantitative estimate of drug-likeness (QED) is 0.609. The van der Waals surface area contributed by atoms with Crippen LogP contribution < -0.4 is 15.0 Å². The van der Waals surface area contributed by atoms with Gasteiger partial charge in [0.25, 0.3) is 5.91 Å². The van der Waals surface area contributed by atoms with Gasteiger partial charge in [0.05, 0.1) is 22.9 Å². The number of fused-ring (bicyclic) bond motifs is 1. The molecule has 3 aliphatic rings. The molecule has 0 radical (unpaired) electrons. The van der Waals surface area contributed by atoms with Crippen molar-refractivity contribution in [1.29, 1.82) is 0 Å². The van der Waals surface area contributed by atoms with Gasteiger partial charge in [0.2, 0.25) is 0 Å². The molecule has 2 heterocycles. The molecule has 0 spiro atoms. The monoisotopic (exact) mass is 507 g/mol. The number of urea groups is 1. The van der Waals surface area contributed by atoms with Crippen molar-refractivity contribution in [2.24, 2.45) is 0 Å². The van der Waals surface area contributed by atoms with E-state index in [1.807, 2.05) is 0 Å². The Morgan fingerprint density at radius 1 is 1.21 bits per heavy atom. The number of hydrogen-bond acceptors (Lipinski definition) is 5. The molecule has 34 heavy (non-hydrogen) atoms.